The topological polar surface area (TPSA) is 70.1 Å². The van der Waals surface area contributed by atoms with Crippen LogP contribution < -0.4 is 0 Å². The maximum absolute atomic E-state index is 12.2. The van der Waals surface area contributed by atoms with Gasteiger partial charge in [-0.3, -0.25) is 0 Å². The number of hydrogen-bond donors (Lipinski definition) is 1. The van der Waals surface area contributed by atoms with Crippen molar-refractivity contribution in [3.8, 4) is 0 Å². The zero-order chi connectivity index (χ0) is 11.6. The molecule has 0 unspecified atom stereocenters. The second kappa shape index (κ2) is 4.97. The molecule has 2 rings (SSSR count). The van der Waals surface area contributed by atoms with Crippen LogP contribution in [0.5, 0.6) is 0 Å². The third-order valence-electron chi connectivity index (χ3n) is 2.87. The number of aliphatic hydroxyl groups is 1. The van der Waals surface area contributed by atoms with Crippen LogP contribution >= 0.6 is 0 Å². The van der Waals surface area contributed by atoms with Crippen molar-refractivity contribution < 1.29 is 18.3 Å². The Labute approximate surface area is 96.0 Å². The zero-order valence-electron chi connectivity index (χ0n) is 9.21. The highest BCUT2D eigenvalue weighted by atomic mass is 32.2. The summed E-state index contributed by atoms with van der Waals surface area (Å²) in [5.41, 5.74) is 0. The summed E-state index contributed by atoms with van der Waals surface area (Å²) in [5, 5.41) is 8.93. The van der Waals surface area contributed by atoms with E-state index in [1.165, 1.54) is 8.61 Å². The highest BCUT2D eigenvalue weighted by Gasteiger charge is 2.40. The molecule has 7 heteroatoms. The summed E-state index contributed by atoms with van der Waals surface area (Å²) in [7, 11) is -3.40. The van der Waals surface area contributed by atoms with E-state index in [9.17, 15) is 8.42 Å². The summed E-state index contributed by atoms with van der Waals surface area (Å²) in [4.78, 5) is 0. The fourth-order valence-corrected chi connectivity index (χ4v) is 3.68. The van der Waals surface area contributed by atoms with Gasteiger partial charge in [-0.05, 0) is 12.8 Å². The SMILES string of the molecule is O=S(=O)(N1CCOCC1)N(CCO)C1CC1. The summed E-state index contributed by atoms with van der Waals surface area (Å²) in [5.74, 6) is 0. The molecule has 1 aliphatic carbocycles. The molecular formula is C9H18N2O4S. The molecule has 16 heavy (non-hydrogen) atoms. The van der Waals surface area contributed by atoms with Gasteiger partial charge >= 0.3 is 0 Å². The van der Waals surface area contributed by atoms with Crippen LogP contribution in [0.15, 0.2) is 0 Å². The van der Waals surface area contributed by atoms with E-state index < -0.39 is 10.2 Å². The number of rotatable bonds is 5. The normalized spacial score (nSPS) is 23.9. The molecule has 0 radical (unpaired) electrons. The van der Waals surface area contributed by atoms with Gasteiger partial charge in [0.05, 0.1) is 19.8 Å². The largest absolute Gasteiger partial charge is 0.395 e. The second-order valence-corrected chi connectivity index (χ2v) is 5.97. The third kappa shape index (κ3) is 2.54. The predicted molar refractivity (Wildman–Crippen MR) is 58.1 cm³/mol. The molecule has 1 N–H and O–H groups in total. The minimum atomic E-state index is -3.40. The first-order chi connectivity index (χ1) is 7.66. The summed E-state index contributed by atoms with van der Waals surface area (Å²) in [6.45, 7) is 1.81. The van der Waals surface area contributed by atoms with Gasteiger partial charge in [0, 0.05) is 25.7 Å². The number of ether oxygens (including phenoxy) is 1. The van der Waals surface area contributed by atoms with Gasteiger partial charge in [0.2, 0.25) is 0 Å². The number of morpholine rings is 1. The zero-order valence-corrected chi connectivity index (χ0v) is 10.0. The monoisotopic (exact) mass is 250 g/mol. The van der Waals surface area contributed by atoms with Crippen LogP contribution in [0.2, 0.25) is 0 Å². The van der Waals surface area contributed by atoms with Crippen LogP contribution in [0.4, 0.5) is 0 Å². The van der Waals surface area contributed by atoms with Crippen molar-refractivity contribution in [2.75, 3.05) is 39.5 Å². The van der Waals surface area contributed by atoms with E-state index in [4.69, 9.17) is 9.84 Å². The predicted octanol–water partition coefficient (Wildman–Crippen LogP) is -0.980. The molecule has 0 aromatic carbocycles. The van der Waals surface area contributed by atoms with Gasteiger partial charge in [-0.1, -0.05) is 0 Å². The minimum absolute atomic E-state index is 0.0972. The van der Waals surface area contributed by atoms with E-state index in [1.807, 2.05) is 0 Å². The summed E-state index contributed by atoms with van der Waals surface area (Å²) in [6.07, 6.45) is 1.81. The Bertz CT molecular complexity index is 322. The van der Waals surface area contributed by atoms with Gasteiger partial charge in [-0.15, -0.1) is 0 Å². The first-order valence-corrected chi connectivity index (χ1v) is 7.01. The molecule has 0 amide bonds. The van der Waals surface area contributed by atoms with Crippen LogP contribution in [0.3, 0.4) is 0 Å². The lowest BCUT2D eigenvalue weighted by Gasteiger charge is -2.31. The lowest BCUT2D eigenvalue weighted by atomic mass is 10.5. The van der Waals surface area contributed by atoms with Crippen molar-refractivity contribution in [2.45, 2.75) is 18.9 Å². The number of aliphatic hydroxyl groups excluding tert-OH is 1. The van der Waals surface area contributed by atoms with Crippen LogP contribution in [-0.4, -0.2) is 67.6 Å². The average molecular weight is 250 g/mol. The van der Waals surface area contributed by atoms with Crippen molar-refractivity contribution in [1.29, 1.82) is 0 Å². The quantitative estimate of drug-likeness (QED) is 0.681. The molecule has 6 nitrogen and oxygen atoms in total. The smallest absolute Gasteiger partial charge is 0.282 e. The Morgan fingerprint density at radius 2 is 1.94 bits per heavy atom. The van der Waals surface area contributed by atoms with Crippen LogP contribution in [0.25, 0.3) is 0 Å². The Morgan fingerprint density at radius 1 is 1.31 bits per heavy atom. The Morgan fingerprint density at radius 3 is 2.44 bits per heavy atom. The van der Waals surface area contributed by atoms with E-state index in [0.717, 1.165) is 12.8 Å². The third-order valence-corrected chi connectivity index (χ3v) is 4.96. The van der Waals surface area contributed by atoms with Crippen LogP contribution in [0, 0.1) is 0 Å². The first-order valence-electron chi connectivity index (χ1n) is 5.62. The summed E-state index contributed by atoms with van der Waals surface area (Å²) in [6, 6.07) is 0.0972. The number of hydrogen-bond acceptors (Lipinski definition) is 4. The van der Waals surface area contributed by atoms with E-state index in [1.54, 1.807) is 0 Å². The molecular weight excluding hydrogens is 232 g/mol. The van der Waals surface area contributed by atoms with Crippen molar-refractivity contribution in [2.24, 2.45) is 0 Å². The molecule has 0 spiro atoms. The fraction of sp³-hybridized carbons (Fsp3) is 1.00. The van der Waals surface area contributed by atoms with Gasteiger partial charge in [0.15, 0.2) is 0 Å². The Balaban J connectivity index is 2.07. The molecule has 1 saturated carbocycles. The maximum Gasteiger partial charge on any atom is 0.282 e. The van der Waals surface area contributed by atoms with Gasteiger partial charge in [-0.25, -0.2) is 0 Å². The molecule has 2 fully saturated rings. The van der Waals surface area contributed by atoms with Gasteiger partial charge in [0.25, 0.3) is 10.2 Å². The lowest BCUT2D eigenvalue weighted by molar-refractivity contribution is 0.0695. The number of nitrogens with zero attached hydrogens (tertiary/aromatic N) is 2. The highest BCUT2D eigenvalue weighted by molar-refractivity contribution is 7.86. The molecule has 94 valence electrons. The van der Waals surface area contributed by atoms with Gasteiger partial charge in [0.1, 0.15) is 0 Å². The molecule has 2 aliphatic rings. The molecule has 1 saturated heterocycles. The summed E-state index contributed by atoms with van der Waals surface area (Å²) < 4.78 is 32.5. The van der Waals surface area contributed by atoms with E-state index >= 15 is 0 Å². The van der Waals surface area contributed by atoms with Gasteiger partial charge in [-0.2, -0.15) is 17.0 Å². The van der Waals surface area contributed by atoms with Crippen molar-refractivity contribution in [3.63, 3.8) is 0 Å². The van der Waals surface area contributed by atoms with Crippen molar-refractivity contribution >= 4 is 10.2 Å². The molecule has 1 aliphatic heterocycles. The standard InChI is InChI=1S/C9H18N2O4S/c12-6-3-11(9-1-2-9)16(13,14)10-4-7-15-8-5-10/h9,12H,1-8H2. The Hall–Kier alpha value is -0.210. The molecule has 0 bridgehead atoms. The van der Waals surface area contributed by atoms with E-state index in [0.29, 0.717) is 26.3 Å². The van der Waals surface area contributed by atoms with Crippen molar-refractivity contribution in [3.05, 3.63) is 0 Å². The lowest BCUT2D eigenvalue weighted by Crippen LogP contribution is -2.50. The van der Waals surface area contributed by atoms with Crippen LogP contribution in [0.1, 0.15) is 12.8 Å². The van der Waals surface area contributed by atoms with Gasteiger partial charge < -0.3 is 9.84 Å². The Kier molecular flexibility index (Phi) is 3.81. The molecule has 0 aromatic rings. The molecule has 0 aromatic heterocycles. The molecule has 0 atom stereocenters. The second-order valence-electron chi connectivity index (χ2n) is 4.08. The minimum Gasteiger partial charge on any atom is -0.395 e. The van der Waals surface area contributed by atoms with Crippen molar-refractivity contribution in [1.82, 2.24) is 8.61 Å². The van der Waals surface area contributed by atoms with E-state index in [-0.39, 0.29) is 19.2 Å². The highest BCUT2D eigenvalue weighted by Crippen LogP contribution is 2.30. The first kappa shape index (κ1) is 12.3. The summed E-state index contributed by atoms with van der Waals surface area (Å²) >= 11 is 0. The maximum atomic E-state index is 12.2. The fourth-order valence-electron chi connectivity index (χ4n) is 1.87. The van der Waals surface area contributed by atoms with E-state index in [2.05, 4.69) is 0 Å². The average Bonchev–Trinajstić information content (AvgIpc) is 3.11. The van der Waals surface area contributed by atoms with Crippen LogP contribution in [-0.2, 0) is 14.9 Å². The molecule has 1 heterocycles.